The summed E-state index contributed by atoms with van der Waals surface area (Å²) in [5.74, 6) is 0.520. The third-order valence-electron chi connectivity index (χ3n) is 3.99. The average Bonchev–Trinajstić information content (AvgIpc) is 3.08. The Morgan fingerprint density at radius 2 is 1.86 bits per heavy atom. The van der Waals surface area contributed by atoms with Gasteiger partial charge in [0.15, 0.2) is 5.58 Å². The van der Waals surface area contributed by atoms with Gasteiger partial charge in [0.25, 0.3) is 0 Å². The summed E-state index contributed by atoms with van der Waals surface area (Å²) in [4.78, 5) is 9.37. The SMILES string of the molecule is CCS(=O)c1cc2ccccc2nc1-c1nc2cc(SC(F)(F)F)ccc2o1. The lowest BCUT2D eigenvalue weighted by Crippen LogP contribution is -2.00. The van der Waals surface area contributed by atoms with Gasteiger partial charge in [-0.3, -0.25) is 4.21 Å². The minimum absolute atomic E-state index is 0.0173. The third kappa shape index (κ3) is 3.77. The summed E-state index contributed by atoms with van der Waals surface area (Å²) >= 11 is -0.212. The molecule has 2 aromatic carbocycles. The second kappa shape index (κ2) is 7.21. The topological polar surface area (TPSA) is 56.0 Å². The van der Waals surface area contributed by atoms with Gasteiger partial charge in [0.2, 0.25) is 5.89 Å². The molecule has 2 heterocycles. The fourth-order valence-electron chi connectivity index (χ4n) is 2.78. The summed E-state index contributed by atoms with van der Waals surface area (Å²) in [5.41, 5.74) is -2.74. The van der Waals surface area contributed by atoms with Gasteiger partial charge in [-0.05, 0) is 42.1 Å². The number of benzene rings is 2. The van der Waals surface area contributed by atoms with Crippen molar-refractivity contribution in [1.82, 2.24) is 9.97 Å². The van der Waals surface area contributed by atoms with Crippen LogP contribution in [0.1, 0.15) is 6.92 Å². The van der Waals surface area contributed by atoms with Crippen molar-refractivity contribution in [2.75, 3.05) is 5.75 Å². The molecule has 0 fully saturated rings. The summed E-state index contributed by atoms with van der Waals surface area (Å²) in [6.45, 7) is 1.79. The molecule has 0 aliphatic carbocycles. The van der Waals surface area contributed by atoms with Crippen LogP contribution in [0.25, 0.3) is 33.6 Å². The Morgan fingerprint density at radius 1 is 1.07 bits per heavy atom. The molecule has 9 heteroatoms. The molecule has 2 aromatic heterocycles. The van der Waals surface area contributed by atoms with E-state index < -0.39 is 16.3 Å². The molecule has 28 heavy (non-hydrogen) atoms. The number of fused-ring (bicyclic) bond motifs is 2. The van der Waals surface area contributed by atoms with E-state index in [1.54, 1.807) is 13.0 Å². The zero-order chi connectivity index (χ0) is 19.9. The highest BCUT2D eigenvalue weighted by atomic mass is 32.2. The zero-order valence-electron chi connectivity index (χ0n) is 14.5. The number of halogens is 3. The van der Waals surface area contributed by atoms with Gasteiger partial charge in [-0.15, -0.1) is 0 Å². The first kappa shape index (κ1) is 18.9. The molecule has 0 aliphatic heterocycles. The molecule has 0 spiro atoms. The lowest BCUT2D eigenvalue weighted by atomic mass is 10.2. The maximum absolute atomic E-state index is 12.6. The van der Waals surface area contributed by atoms with Crippen molar-refractivity contribution in [2.45, 2.75) is 22.2 Å². The first-order chi connectivity index (χ1) is 13.3. The molecule has 4 nitrogen and oxygen atoms in total. The number of para-hydroxylation sites is 1. The highest BCUT2D eigenvalue weighted by Gasteiger charge is 2.29. The van der Waals surface area contributed by atoms with Crippen LogP contribution in [-0.2, 0) is 10.8 Å². The number of hydrogen-bond acceptors (Lipinski definition) is 5. The zero-order valence-corrected chi connectivity index (χ0v) is 16.1. The van der Waals surface area contributed by atoms with E-state index in [0.29, 0.717) is 27.4 Å². The molecule has 0 saturated carbocycles. The van der Waals surface area contributed by atoms with Crippen LogP contribution in [0, 0.1) is 0 Å². The number of oxazole rings is 1. The van der Waals surface area contributed by atoms with E-state index in [4.69, 9.17) is 4.42 Å². The molecular weight excluding hydrogens is 409 g/mol. The molecule has 1 unspecified atom stereocenters. The molecule has 0 N–H and O–H groups in total. The number of aromatic nitrogens is 2. The number of pyridine rings is 1. The Hall–Kier alpha value is -2.39. The summed E-state index contributed by atoms with van der Waals surface area (Å²) in [6, 6.07) is 13.3. The second-order valence-corrected chi connectivity index (χ2v) is 8.71. The number of thioether (sulfide) groups is 1. The number of hydrogen-bond donors (Lipinski definition) is 0. The molecule has 0 aliphatic rings. The minimum Gasteiger partial charge on any atom is -0.435 e. The lowest BCUT2D eigenvalue weighted by Gasteiger charge is -2.07. The van der Waals surface area contributed by atoms with E-state index in [1.165, 1.54) is 18.2 Å². The second-order valence-electron chi connectivity index (χ2n) is 5.86. The smallest absolute Gasteiger partial charge is 0.435 e. The molecule has 1 atom stereocenters. The van der Waals surface area contributed by atoms with Gasteiger partial charge < -0.3 is 4.42 Å². The molecule has 0 amide bonds. The van der Waals surface area contributed by atoms with E-state index in [9.17, 15) is 17.4 Å². The van der Waals surface area contributed by atoms with Crippen molar-refractivity contribution in [1.29, 1.82) is 0 Å². The van der Waals surface area contributed by atoms with Gasteiger partial charge >= 0.3 is 5.51 Å². The van der Waals surface area contributed by atoms with Crippen LogP contribution in [0.3, 0.4) is 0 Å². The van der Waals surface area contributed by atoms with Crippen molar-refractivity contribution in [3.8, 4) is 11.6 Å². The average molecular weight is 422 g/mol. The highest BCUT2D eigenvalue weighted by molar-refractivity contribution is 8.00. The van der Waals surface area contributed by atoms with Crippen molar-refractivity contribution in [3.63, 3.8) is 0 Å². The number of nitrogens with zero attached hydrogens (tertiary/aromatic N) is 2. The molecule has 144 valence electrons. The summed E-state index contributed by atoms with van der Waals surface area (Å²) in [6.07, 6.45) is 0. The van der Waals surface area contributed by atoms with Crippen LogP contribution in [0.5, 0.6) is 0 Å². The molecule has 0 saturated heterocycles. The number of rotatable bonds is 4. The Labute approximate surface area is 164 Å². The van der Waals surface area contributed by atoms with Crippen LogP contribution in [-0.4, -0.2) is 25.4 Å². The molecule has 4 rings (SSSR count). The summed E-state index contributed by atoms with van der Waals surface area (Å²) in [7, 11) is -1.31. The Morgan fingerprint density at radius 3 is 2.61 bits per heavy atom. The monoisotopic (exact) mass is 422 g/mol. The quantitative estimate of drug-likeness (QED) is 0.390. The van der Waals surface area contributed by atoms with Crippen molar-refractivity contribution in [3.05, 3.63) is 48.5 Å². The first-order valence-electron chi connectivity index (χ1n) is 8.29. The van der Waals surface area contributed by atoms with Crippen molar-refractivity contribution >= 4 is 44.6 Å². The van der Waals surface area contributed by atoms with Gasteiger partial charge in [0.1, 0.15) is 11.2 Å². The summed E-state index contributed by atoms with van der Waals surface area (Å²) < 4.78 is 56.1. The van der Waals surface area contributed by atoms with Crippen LogP contribution < -0.4 is 0 Å². The fraction of sp³-hybridized carbons (Fsp3) is 0.158. The van der Waals surface area contributed by atoms with Crippen LogP contribution in [0.15, 0.2) is 62.7 Å². The van der Waals surface area contributed by atoms with Crippen LogP contribution in [0.4, 0.5) is 13.2 Å². The molecule has 4 aromatic rings. The first-order valence-corrected chi connectivity index (χ1v) is 10.4. The van der Waals surface area contributed by atoms with E-state index >= 15 is 0 Å². The largest absolute Gasteiger partial charge is 0.446 e. The molecule has 0 bridgehead atoms. The van der Waals surface area contributed by atoms with E-state index in [1.807, 2.05) is 24.3 Å². The standard InChI is InChI=1S/C19H13F3N2O2S2/c1-2-28(25)16-9-11-5-3-4-6-13(11)23-17(16)18-24-14-10-12(27-19(20,21)22)7-8-15(14)26-18/h3-10H,2H2,1H3. The lowest BCUT2D eigenvalue weighted by molar-refractivity contribution is -0.0328. The van der Waals surface area contributed by atoms with E-state index in [-0.39, 0.29) is 28.1 Å². The van der Waals surface area contributed by atoms with E-state index in [2.05, 4.69) is 9.97 Å². The van der Waals surface area contributed by atoms with Crippen LogP contribution in [0.2, 0.25) is 0 Å². The predicted octanol–water partition coefficient (Wildman–Crippen LogP) is 5.78. The maximum atomic E-state index is 12.6. The van der Waals surface area contributed by atoms with Gasteiger partial charge in [0, 0.05) is 16.0 Å². The highest BCUT2D eigenvalue weighted by Crippen LogP contribution is 2.38. The minimum atomic E-state index is -4.38. The van der Waals surface area contributed by atoms with Gasteiger partial charge in [-0.25, -0.2) is 9.97 Å². The Bertz CT molecular complexity index is 1200. The Kier molecular flexibility index (Phi) is 4.88. The molecule has 0 radical (unpaired) electrons. The molecular formula is C19H13F3N2O2S2. The predicted molar refractivity (Wildman–Crippen MR) is 104 cm³/mol. The van der Waals surface area contributed by atoms with Gasteiger partial charge in [-0.1, -0.05) is 25.1 Å². The third-order valence-corrected chi connectivity index (χ3v) is 6.04. The fourth-order valence-corrected chi connectivity index (χ4v) is 4.28. The summed E-state index contributed by atoms with van der Waals surface area (Å²) in [5, 5.41) is 0.836. The number of alkyl halides is 3. The van der Waals surface area contributed by atoms with E-state index in [0.717, 1.165) is 5.39 Å². The van der Waals surface area contributed by atoms with Gasteiger partial charge in [0.05, 0.1) is 21.2 Å². The Balaban J connectivity index is 1.86. The van der Waals surface area contributed by atoms with Crippen molar-refractivity contribution in [2.24, 2.45) is 0 Å². The normalized spacial score (nSPS) is 13.3. The van der Waals surface area contributed by atoms with Gasteiger partial charge in [-0.2, -0.15) is 13.2 Å². The van der Waals surface area contributed by atoms with Crippen molar-refractivity contribution < 1.29 is 21.8 Å². The van der Waals surface area contributed by atoms with Crippen LogP contribution >= 0.6 is 11.8 Å². The maximum Gasteiger partial charge on any atom is 0.446 e.